The molecule has 1 heterocycles. The van der Waals surface area contributed by atoms with Crippen molar-refractivity contribution in [2.24, 2.45) is 0 Å². The van der Waals surface area contributed by atoms with Crippen LogP contribution in [0.15, 0.2) is 109 Å². The van der Waals surface area contributed by atoms with Crippen molar-refractivity contribution in [1.82, 2.24) is 31.2 Å². The van der Waals surface area contributed by atoms with Crippen molar-refractivity contribution in [2.75, 3.05) is 19.0 Å². The Labute approximate surface area is 289 Å². The number of methoxy groups -OCH3 is 1. The van der Waals surface area contributed by atoms with Gasteiger partial charge in [0.2, 0.25) is 17.8 Å². The van der Waals surface area contributed by atoms with Gasteiger partial charge in [-0.1, -0.05) is 78.9 Å². The summed E-state index contributed by atoms with van der Waals surface area (Å²) in [6.07, 6.45) is 1.49. The van der Waals surface area contributed by atoms with Gasteiger partial charge in [0.25, 0.3) is 11.8 Å². The lowest BCUT2D eigenvalue weighted by molar-refractivity contribution is -0.145. The highest BCUT2D eigenvalue weighted by atomic mass is 16.5. The van der Waals surface area contributed by atoms with Crippen LogP contribution in [0, 0.1) is 13.8 Å². The van der Waals surface area contributed by atoms with Gasteiger partial charge in [-0.2, -0.15) is 0 Å². The molecule has 0 saturated heterocycles. The molecule has 1 aromatic heterocycles. The molecule has 258 valence electrons. The van der Waals surface area contributed by atoms with E-state index in [9.17, 15) is 24.0 Å². The van der Waals surface area contributed by atoms with Gasteiger partial charge in [0.1, 0.15) is 17.8 Å². The molecule has 0 saturated carbocycles. The third-order valence-electron chi connectivity index (χ3n) is 7.29. The van der Waals surface area contributed by atoms with E-state index in [4.69, 9.17) is 4.74 Å². The molecule has 5 N–H and O–H groups in total. The minimum atomic E-state index is -1.17. The summed E-state index contributed by atoms with van der Waals surface area (Å²) in [5.41, 5.74) is 3.00. The Kier molecular flexibility index (Phi) is 13.3. The molecule has 4 amide bonds. The fourth-order valence-corrected chi connectivity index (χ4v) is 4.89. The first-order valence-electron chi connectivity index (χ1n) is 15.8. The van der Waals surface area contributed by atoms with Crippen LogP contribution in [-0.2, 0) is 36.8 Å². The minimum Gasteiger partial charge on any atom is -0.467 e. The second-order valence-corrected chi connectivity index (χ2v) is 11.3. The second-order valence-electron chi connectivity index (χ2n) is 11.3. The molecular weight excluding hydrogens is 638 g/mol. The summed E-state index contributed by atoms with van der Waals surface area (Å²) in [6, 6.07) is 26.0. The maximum Gasteiger partial charge on any atom is 0.328 e. The fraction of sp³-hybridized carbons (Fsp3) is 0.216. The Hall–Kier alpha value is -6.37. The lowest BCUT2D eigenvalue weighted by atomic mass is 10.0. The maximum absolute atomic E-state index is 13.7. The standard InChI is InChI=1S/C37H39N7O6/c1-24-19-25(2)41-37(40-24)39-22-31(44-33(46)28-17-11-6-12-18-28)35(48)43-29(20-26-13-7-4-8-14-26)34(47)38-23-32(45)42-30(36(49)50-3)21-27-15-9-5-10-16-27/h4-19,22,29-30H,20-21,23H2,1-3H3,(H,38,47)(H,42,45)(H,43,48)(H,44,46)(H,39,40,41)/b31-22+/t29-,30-/m0/s1. The Bertz CT molecular complexity index is 1800. The van der Waals surface area contributed by atoms with Gasteiger partial charge in [0.15, 0.2) is 0 Å². The van der Waals surface area contributed by atoms with Gasteiger partial charge in [-0.25, -0.2) is 14.8 Å². The number of aryl methyl sites for hydroxylation is 2. The molecule has 0 fully saturated rings. The molecule has 13 heteroatoms. The van der Waals surface area contributed by atoms with Crippen LogP contribution in [0.2, 0.25) is 0 Å². The Morgan fingerprint density at radius 1 is 0.740 bits per heavy atom. The largest absolute Gasteiger partial charge is 0.467 e. The van der Waals surface area contributed by atoms with Gasteiger partial charge in [-0.3, -0.25) is 19.2 Å². The number of ether oxygens (including phenoxy) is 1. The van der Waals surface area contributed by atoms with E-state index in [-0.39, 0.29) is 24.5 Å². The number of esters is 1. The summed E-state index contributed by atoms with van der Waals surface area (Å²) in [6.45, 7) is 3.10. The van der Waals surface area contributed by atoms with E-state index in [1.165, 1.54) is 13.3 Å². The highest BCUT2D eigenvalue weighted by Gasteiger charge is 2.26. The number of hydrogen-bond acceptors (Lipinski definition) is 9. The quantitative estimate of drug-likeness (QED) is 0.0934. The highest BCUT2D eigenvalue weighted by molar-refractivity contribution is 6.04. The molecule has 13 nitrogen and oxygen atoms in total. The number of benzene rings is 3. The van der Waals surface area contributed by atoms with Crippen LogP contribution >= 0.6 is 0 Å². The van der Waals surface area contributed by atoms with Gasteiger partial charge in [0.05, 0.1) is 13.7 Å². The molecule has 50 heavy (non-hydrogen) atoms. The van der Waals surface area contributed by atoms with Gasteiger partial charge in [0, 0.05) is 36.0 Å². The normalized spacial score (nSPS) is 12.1. The first kappa shape index (κ1) is 36.5. The third kappa shape index (κ3) is 11.4. The molecule has 0 radical (unpaired) electrons. The second kappa shape index (κ2) is 18.2. The van der Waals surface area contributed by atoms with Crippen molar-refractivity contribution in [3.63, 3.8) is 0 Å². The fourth-order valence-electron chi connectivity index (χ4n) is 4.89. The summed E-state index contributed by atoms with van der Waals surface area (Å²) in [5, 5.41) is 13.3. The van der Waals surface area contributed by atoms with Crippen molar-refractivity contribution >= 4 is 35.5 Å². The molecule has 4 aromatic rings. The van der Waals surface area contributed by atoms with Crippen LogP contribution < -0.4 is 26.6 Å². The SMILES string of the molecule is COC(=O)[C@H](Cc1ccccc1)NC(=O)CNC(=O)[C@H](Cc1ccccc1)NC(=O)/C(=C\Nc1nc(C)cc(C)n1)NC(=O)c1ccccc1. The number of aromatic nitrogens is 2. The molecule has 0 bridgehead atoms. The zero-order chi connectivity index (χ0) is 35.9. The number of anilines is 1. The van der Waals surface area contributed by atoms with Crippen LogP contribution in [0.1, 0.15) is 32.9 Å². The third-order valence-corrected chi connectivity index (χ3v) is 7.29. The number of hydrogen-bond donors (Lipinski definition) is 5. The number of rotatable bonds is 15. The zero-order valence-electron chi connectivity index (χ0n) is 27.9. The van der Waals surface area contributed by atoms with E-state index in [0.717, 1.165) is 11.1 Å². The van der Waals surface area contributed by atoms with Crippen LogP contribution in [0.5, 0.6) is 0 Å². The lowest BCUT2D eigenvalue weighted by Crippen LogP contribution is -2.52. The number of carbonyl (C=O) groups is 5. The average Bonchev–Trinajstić information content (AvgIpc) is 3.12. The summed E-state index contributed by atoms with van der Waals surface area (Å²) in [5.74, 6) is -3.10. The monoisotopic (exact) mass is 677 g/mol. The predicted molar refractivity (Wildman–Crippen MR) is 186 cm³/mol. The first-order chi connectivity index (χ1) is 24.1. The smallest absolute Gasteiger partial charge is 0.328 e. The van der Waals surface area contributed by atoms with E-state index in [0.29, 0.717) is 17.0 Å². The van der Waals surface area contributed by atoms with Crippen LogP contribution in [0.4, 0.5) is 5.95 Å². The van der Waals surface area contributed by atoms with Gasteiger partial charge in [-0.05, 0) is 43.2 Å². The van der Waals surface area contributed by atoms with Crippen LogP contribution in [0.25, 0.3) is 0 Å². The molecule has 3 aromatic carbocycles. The van der Waals surface area contributed by atoms with E-state index in [1.54, 1.807) is 74.5 Å². The Balaban J connectivity index is 1.51. The van der Waals surface area contributed by atoms with Crippen LogP contribution in [0.3, 0.4) is 0 Å². The van der Waals surface area contributed by atoms with E-state index in [2.05, 4.69) is 36.6 Å². The lowest BCUT2D eigenvalue weighted by Gasteiger charge is -2.21. The Morgan fingerprint density at radius 3 is 1.84 bits per heavy atom. The highest BCUT2D eigenvalue weighted by Crippen LogP contribution is 2.09. The molecule has 0 spiro atoms. The van der Waals surface area contributed by atoms with Crippen LogP contribution in [-0.4, -0.2) is 65.3 Å². The number of nitrogens with zero attached hydrogens (tertiary/aromatic N) is 2. The van der Waals surface area contributed by atoms with Gasteiger partial charge >= 0.3 is 5.97 Å². The number of amides is 4. The molecule has 0 aliphatic heterocycles. The molecule has 0 unspecified atom stereocenters. The molecular formula is C37H39N7O6. The number of nitrogens with one attached hydrogen (secondary N) is 5. The van der Waals surface area contributed by atoms with E-state index >= 15 is 0 Å². The average molecular weight is 678 g/mol. The topological polar surface area (TPSA) is 181 Å². The summed E-state index contributed by atoms with van der Waals surface area (Å²) < 4.78 is 4.86. The molecule has 4 rings (SSSR count). The van der Waals surface area contributed by atoms with Crippen molar-refractivity contribution in [2.45, 2.75) is 38.8 Å². The van der Waals surface area contributed by atoms with E-state index in [1.807, 2.05) is 36.4 Å². The van der Waals surface area contributed by atoms with Crippen molar-refractivity contribution in [1.29, 1.82) is 0 Å². The maximum atomic E-state index is 13.7. The van der Waals surface area contributed by atoms with Crippen molar-refractivity contribution in [3.05, 3.63) is 137 Å². The predicted octanol–water partition coefficient (Wildman–Crippen LogP) is 2.52. The summed E-state index contributed by atoms with van der Waals surface area (Å²) >= 11 is 0. The minimum absolute atomic E-state index is 0.0619. The summed E-state index contributed by atoms with van der Waals surface area (Å²) in [7, 11) is 1.22. The Morgan fingerprint density at radius 2 is 1.28 bits per heavy atom. The first-order valence-corrected chi connectivity index (χ1v) is 15.8. The molecule has 0 aliphatic rings. The van der Waals surface area contributed by atoms with Crippen molar-refractivity contribution in [3.8, 4) is 0 Å². The van der Waals surface area contributed by atoms with Gasteiger partial charge in [-0.15, -0.1) is 0 Å². The molecule has 2 atom stereocenters. The zero-order valence-corrected chi connectivity index (χ0v) is 27.9. The van der Waals surface area contributed by atoms with Gasteiger partial charge < -0.3 is 31.3 Å². The molecule has 0 aliphatic carbocycles. The van der Waals surface area contributed by atoms with E-state index < -0.39 is 48.2 Å². The summed E-state index contributed by atoms with van der Waals surface area (Å²) in [4.78, 5) is 74.3. The number of carbonyl (C=O) groups excluding carboxylic acids is 5. The van der Waals surface area contributed by atoms with Crippen molar-refractivity contribution < 1.29 is 28.7 Å².